The summed E-state index contributed by atoms with van der Waals surface area (Å²) in [6, 6.07) is 0. The van der Waals surface area contributed by atoms with Gasteiger partial charge in [0.2, 0.25) is 0 Å². The quantitative estimate of drug-likeness (QED) is 0.492. The lowest BCUT2D eigenvalue weighted by molar-refractivity contribution is -0.303. The van der Waals surface area contributed by atoms with Crippen LogP contribution < -0.4 is 10.6 Å². The van der Waals surface area contributed by atoms with Crippen molar-refractivity contribution in [1.82, 2.24) is 10.6 Å². The number of hydrogen-bond donors (Lipinski definition) is 2. The topological polar surface area (TPSA) is 42.5 Å². The van der Waals surface area contributed by atoms with Crippen molar-refractivity contribution in [2.45, 2.75) is 17.7 Å². The second-order valence-corrected chi connectivity index (χ2v) is 4.05. The molecule has 3 fully saturated rings. The molecule has 0 saturated carbocycles. The monoisotopic (exact) mass is 170 g/mol. The molecule has 3 aliphatic rings. The van der Waals surface area contributed by atoms with Gasteiger partial charge in [-0.25, -0.2) is 0 Å². The second kappa shape index (κ2) is 2.20. The summed E-state index contributed by atoms with van der Waals surface area (Å²) in [4.78, 5) is 0. The van der Waals surface area contributed by atoms with Gasteiger partial charge in [-0.2, -0.15) is 0 Å². The third-order valence-corrected chi connectivity index (χ3v) is 3.00. The van der Waals surface area contributed by atoms with E-state index in [9.17, 15) is 0 Å². The number of nitrogens with one attached hydrogen (secondary N) is 2. The first-order valence-electron chi connectivity index (χ1n) is 4.56. The van der Waals surface area contributed by atoms with Crippen molar-refractivity contribution >= 4 is 0 Å². The first-order chi connectivity index (χ1) is 5.83. The second-order valence-electron chi connectivity index (χ2n) is 4.05. The average Bonchev–Trinajstić information content (AvgIpc) is 1.99. The maximum atomic E-state index is 6.03. The van der Waals surface area contributed by atoms with Crippen molar-refractivity contribution in [2.75, 3.05) is 32.8 Å². The molecule has 0 atom stereocenters. The van der Waals surface area contributed by atoms with Crippen LogP contribution in [0.5, 0.6) is 0 Å². The van der Waals surface area contributed by atoms with E-state index in [1.165, 1.54) is 0 Å². The van der Waals surface area contributed by atoms with Gasteiger partial charge < -0.3 is 14.8 Å². The zero-order chi connectivity index (χ0) is 8.07. The van der Waals surface area contributed by atoms with Crippen molar-refractivity contribution in [1.29, 1.82) is 0 Å². The minimum atomic E-state index is -0.125. The molecule has 3 heterocycles. The minimum Gasteiger partial charge on any atom is -0.372 e. The lowest BCUT2D eigenvalue weighted by atomic mass is 9.89. The molecule has 0 unspecified atom stereocenters. The van der Waals surface area contributed by atoms with Gasteiger partial charge in [-0.05, 0) is 6.42 Å². The molecule has 0 bridgehead atoms. The molecule has 3 saturated heterocycles. The van der Waals surface area contributed by atoms with E-state index in [2.05, 4.69) is 10.6 Å². The molecule has 0 aromatic carbocycles. The van der Waals surface area contributed by atoms with Crippen molar-refractivity contribution in [3.8, 4) is 0 Å². The molecule has 3 aliphatic heterocycles. The van der Waals surface area contributed by atoms with Crippen molar-refractivity contribution in [3.05, 3.63) is 0 Å². The lowest BCUT2D eigenvalue weighted by Gasteiger charge is -2.56. The Morgan fingerprint density at radius 3 is 2.50 bits per heavy atom. The van der Waals surface area contributed by atoms with Crippen LogP contribution in [0.3, 0.4) is 0 Å². The summed E-state index contributed by atoms with van der Waals surface area (Å²) in [5.74, 6) is 0. The largest absolute Gasteiger partial charge is 0.372 e. The maximum Gasteiger partial charge on any atom is 0.167 e. The predicted octanol–water partition coefficient (Wildman–Crippen LogP) is -0.935. The molecule has 0 radical (unpaired) electrons. The molecular formula is C8H14N2O2. The summed E-state index contributed by atoms with van der Waals surface area (Å²) < 4.78 is 11.2. The Balaban J connectivity index is 1.74. The SMILES string of the molecule is C1CC2(CNC2)OC2(COC2)N1. The van der Waals surface area contributed by atoms with Gasteiger partial charge in [-0.1, -0.05) is 0 Å². The van der Waals surface area contributed by atoms with Crippen molar-refractivity contribution in [3.63, 3.8) is 0 Å². The van der Waals surface area contributed by atoms with Gasteiger partial charge in [0.05, 0.1) is 18.8 Å². The standard InChI is InChI=1S/C8H14N2O2/c1-2-10-8(5-11-6-8)12-7(1)3-9-4-7/h9-10H,1-6H2. The van der Waals surface area contributed by atoms with Crippen LogP contribution >= 0.6 is 0 Å². The van der Waals surface area contributed by atoms with E-state index >= 15 is 0 Å². The molecule has 2 spiro atoms. The molecule has 3 rings (SSSR count). The van der Waals surface area contributed by atoms with E-state index in [4.69, 9.17) is 9.47 Å². The Bertz CT molecular complexity index is 179. The fraction of sp³-hybridized carbons (Fsp3) is 1.00. The molecule has 2 N–H and O–H groups in total. The highest BCUT2D eigenvalue weighted by molar-refractivity contribution is 5.03. The van der Waals surface area contributed by atoms with Gasteiger partial charge in [-0.3, -0.25) is 5.32 Å². The van der Waals surface area contributed by atoms with E-state index in [1.54, 1.807) is 0 Å². The Hall–Kier alpha value is -0.160. The van der Waals surface area contributed by atoms with Crippen LogP contribution in [0, 0.1) is 0 Å². The van der Waals surface area contributed by atoms with E-state index < -0.39 is 0 Å². The summed E-state index contributed by atoms with van der Waals surface area (Å²) >= 11 is 0. The fourth-order valence-electron chi connectivity index (χ4n) is 2.12. The summed E-state index contributed by atoms with van der Waals surface area (Å²) in [6.45, 7) is 4.52. The highest BCUT2D eigenvalue weighted by atomic mass is 16.6. The molecule has 0 amide bonds. The Morgan fingerprint density at radius 2 is 2.00 bits per heavy atom. The molecular weight excluding hydrogens is 156 g/mol. The number of rotatable bonds is 0. The summed E-state index contributed by atoms with van der Waals surface area (Å²) in [5, 5.41) is 6.64. The van der Waals surface area contributed by atoms with Crippen LogP contribution in [-0.4, -0.2) is 44.2 Å². The molecule has 4 nitrogen and oxygen atoms in total. The molecule has 0 aliphatic carbocycles. The van der Waals surface area contributed by atoms with Gasteiger partial charge >= 0.3 is 0 Å². The number of ether oxygens (including phenoxy) is 2. The molecule has 0 aromatic heterocycles. The first kappa shape index (κ1) is 7.26. The Labute approximate surface area is 71.6 Å². The van der Waals surface area contributed by atoms with Crippen LogP contribution in [-0.2, 0) is 9.47 Å². The summed E-state index contributed by atoms with van der Waals surface area (Å²) in [5.41, 5.74) is 0.00931. The number of hydrogen-bond acceptors (Lipinski definition) is 4. The van der Waals surface area contributed by atoms with Crippen molar-refractivity contribution in [2.24, 2.45) is 0 Å². The summed E-state index contributed by atoms with van der Waals surface area (Å²) in [7, 11) is 0. The highest BCUT2D eigenvalue weighted by Crippen LogP contribution is 2.33. The van der Waals surface area contributed by atoms with E-state index in [0.29, 0.717) is 0 Å². The van der Waals surface area contributed by atoms with E-state index in [0.717, 1.165) is 39.3 Å². The smallest absolute Gasteiger partial charge is 0.167 e. The van der Waals surface area contributed by atoms with Crippen LogP contribution in [0.4, 0.5) is 0 Å². The molecule has 12 heavy (non-hydrogen) atoms. The third-order valence-electron chi connectivity index (χ3n) is 3.00. The highest BCUT2D eigenvalue weighted by Gasteiger charge is 2.52. The average molecular weight is 170 g/mol. The van der Waals surface area contributed by atoms with Gasteiger partial charge in [-0.15, -0.1) is 0 Å². The van der Waals surface area contributed by atoms with E-state index in [-0.39, 0.29) is 11.3 Å². The minimum absolute atomic E-state index is 0.125. The lowest BCUT2D eigenvalue weighted by Crippen LogP contribution is -2.75. The third kappa shape index (κ3) is 0.864. The normalized spacial score (nSPS) is 36.0. The van der Waals surface area contributed by atoms with Gasteiger partial charge in [0, 0.05) is 19.6 Å². The van der Waals surface area contributed by atoms with Crippen LogP contribution in [0.25, 0.3) is 0 Å². The van der Waals surface area contributed by atoms with Crippen LogP contribution in [0.15, 0.2) is 0 Å². The Morgan fingerprint density at radius 1 is 1.17 bits per heavy atom. The molecule has 0 aromatic rings. The molecule has 4 heteroatoms. The van der Waals surface area contributed by atoms with E-state index in [1.807, 2.05) is 0 Å². The van der Waals surface area contributed by atoms with Crippen LogP contribution in [0.2, 0.25) is 0 Å². The van der Waals surface area contributed by atoms with Gasteiger partial charge in [0.25, 0.3) is 0 Å². The van der Waals surface area contributed by atoms with Gasteiger partial charge in [0.15, 0.2) is 5.72 Å². The zero-order valence-corrected chi connectivity index (χ0v) is 7.06. The Kier molecular flexibility index (Phi) is 1.33. The summed E-state index contributed by atoms with van der Waals surface area (Å²) in [6.07, 6.45) is 1.13. The van der Waals surface area contributed by atoms with Crippen LogP contribution in [0.1, 0.15) is 6.42 Å². The first-order valence-corrected chi connectivity index (χ1v) is 4.56. The zero-order valence-electron chi connectivity index (χ0n) is 7.06. The predicted molar refractivity (Wildman–Crippen MR) is 42.9 cm³/mol. The van der Waals surface area contributed by atoms with Gasteiger partial charge in [0.1, 0.15) is 0 Å². The van der Waals surface area contributed by atoms with Crippen molar-refractivity contribution < 1.29 is 9.47 Å². The molecule has 68 valence electrons. The fourth-order valence-corrected chi connectivity index (χ4v) is 2.12. The maximum absolute atomic E-state index is 6.03.